The Bertz CT molecular complexity index is 626. The highest BCUT2D eigenvalue weighted by atomic mass is 35.5. The van der Waals surface area contributed by atoms with Crippen LogP contribution in [0, 0.1) is 0 Å². The Kier molecular flexibility index (Phi) is 5.71. The molecular formula is C16H20ClN3S2. The van der Waals surface area contributed by atoms with Crippen LogP contribution in [0.1, 0.15) is 37.9 Å². The molecule has 0 spiro atoms. The van der Waals surface area contributed by atoms with Gasteiger partial charge in [0.15, 0.2) is 5.16 Å². The first-order valence-corrected chi connectivity index (χ1v) is 10.1. The lowest BCUT2D eigenvalue weighted by atomic mass is 10.4. The number of rotatable bonds is 8. The zero-order valence-electron chi connectivity index (χ0n) is 12.7. The molecule has 3 nitrogen and oxygen atoms in total. The molecule has 0 aliphatic heterocycles. The van der Waals surface area contributed by atoms with Gasteiger partial charge < -0.3 is 4.57 Å². The molecule has 1 fully saturated rings. The van der Waals surface area contributed by atoms with Gasteiger partial charge in [0, 0.05) is 23.1 Å². The summed E-state index contributed by atoms with van der Waals surface area (Å²) in [4.78, 5) is 1.17. The van der Waals surface area contributed by atoms with Crippen LogP contribution in [0.25, 0.3) is 0 Å². The zero-order chi connectivity index (χ0) is 15.4. The number of benzene rings is 1. The van der Waals surface area contributed by atoms with Crippen LogP contribution in [0.5, 0.6) is 0 Å². The maximum Gasteiger partial charge on any atom is 0.191 e. The Balaban J connectivity index is 1.44. The Morgan fingerprint density at radius 3 is 2.68 bits per heavy atom. The van der Waals surface area contributed by atoms with Crippen molar-refractivity contribution < 1.29 is 0 Å². The van der Waals surface area contributed by atoms with Crippen LogP contribution in [0.2, 0.25) is 5.02 Å². The summed E-state index contributed by atoms with van der Waals surface area (Å²) in [7, 11) is 0. The van der Waals surface area contributed by atoms with Crippen LogP contribution in [-0.2, 0) is 6.54 Å². The Morgan fingerprint density at radius 1 is 1.18 bits per heavy atom. The molecule has 1 heterocycles. The van der Waals surface area contributed by atoms with E-state index < -0.39 is 0 Å². The van der Waals surface area contributed by atoms with Gasteiger partial charge in [0.05, 0.1) is 5.02 Å². The van der Waals surface area contributed by atoms with Gasteiger partial charge in [-0.1, -0.05) is 35.5 Å². The van der Waals surface area contributed by atoms with E-state index in [2.05, 4.69) is 27.8 Å². The molecule has 22 heavy (non-hydrogen) atoms. The highest BCUT2D eigenvalue weighted by Crippen LogP contribution is 2.40. The van der Waals surface area contributed by atoms with E-state index in [0.717, 1.165) is 34.7 Å². The standard InChI is InChI=1S/C16H20ClN3S2/c1-2-20-15(12-8-9-12)18-19-16(20)22-11-5-10-21-14-7-4-3-6-13(14)17/h3-4,6-7,12H,2,5,8-11H2,1H3. The van der Waals surface area contributed by atoms with Gasteiger partial charge in [0.1, 0.15) is 5.82 Å². The fourth-order valence-electron chi connectivity index (χ4n) is 2.31. The monoisotopic (exact) mass is 353 g/mol. The molecule has 118 valence electrons. The first-order chi connectivity index (χ1) is 10.8. The van der Waals surface area contributed by atoms with Gasteiger partial charge in [0.2, 0.25) is 0 Å². The topological polar surface area (TPSA) is 30.7 Å². The predicted molar refractivity (Wildman–Crippen MR) is 95.2 cm³/mol. The number of aromatic nitrogens is 3. The maximum absolute atomic E-state index is 6.16. The normalized spacial score (nSPS) is 14.5. The van der Waals surface area contributed by atoms with Crippen molar-refractivity contribution in [2.45, 2.75) is 48.7 Å². The lowest BCUT2D eigenvalue weighted by molar-refractivity contribution is 0.643. The second-order valence-electron chi connectivity index (χ2n) is 5.34. The molecule has 0 N–H and O–H groups in total. The van der Waals surface area contributed by atoms with Crippen LogP contribution in [-0.4, -0.2) is 26.3 Å². The van der Waals surface area contributed by atoms with Crippen molar-refractivity contribution in [3.63, 3.8) is 0 Å². The van der Waals surface area contributed by atoms with Gasteiger partial charge >= 0.3 is 0 Å². The highest BCUT2D eigenvalue weighted by molar-refractivity contribution is 8.00. The van der Waals surface area contributed by atoms with Gasteiger partial charge in [-0.25, -0.2) is 0 Å². The van der Waals surface area contributed by atoms with E-state index in [9.17, 15) is 0 Å². The number of hydrogen-bond acceptors (Lipinski definition) is 4. The molecule has 1 aliphatic rings. The summed E-state index contributed by atoms with van der Waals surface area (Å²) in [6.45, 7) is 3.14. The summed E-state index contributed by atoms with van der Waals surface area (Å²) < 4.78 is 2.28. The Hall–Kier alpha value is -0.650. The van der Waals surface area contributed by atoms with E-state index in [1.54, 1.807) is 0 Å². The van der Waals surface area contributed by atoms with E-state index in [0.29, 0.717) is 5.92 Å². The summed E-state index contributed by atoms with van der Waals surface area (Å²) in [6.07, 6.45) is 3.68. The third kappa shape index (κ3) is 4.00. The molecule has 0 bridgehead atoms. The van der Waals surface area contributed by atoms with Crippen molar-refractivity contribution in [3.8, 4) is 0 Å². The summed E-state index contributed by atoms with van der Waals surface area (Å²) in [5.74, 6) is 4.00. The average Bonchev–Trinajstić information content (AvgIpc) is 3.29. The maximum atomic E-state index is 6.16. The zero-order valence-corrected chi connectivity index (χ0v) is 15.1. The Morgan fingerprint density at radius 2 is 1.95 bits per heavy atom. The first-order valence-electron chi connectivity index (χ1n) is 7.72. The number of hydrogen-bond donors (Lipinski definition) is 0. The molecular weight excluding hydrogens is 334 g/mol. The van der Waals surface area contributed by atoms with Crippen molar-refractivity contribution in [2.75, 3.05) is 11.5 Å². The van der Waals surface area contributed by atoms with E-state index in [-0.39, 0.29) is 0 Å². The van der Waals surface area contributed by atoms with Gasteiger partial charge in [-0.05, 0) is 44.1 Å². The van der Waals surface area contributed by atoms with Crippen molar-refractivity contribution in [2.24, 2.45) is 0 Å². The molecule has 0 amide bonds. The summed E-state index contributed by atoms with van der Waals surface area (Å²) in [6, 6.07) is 8.03. The lowest BCUT2D eigenvalue weighted by Gasteiger charge is -2.06. The second kappa shape index (κ2) is 7.75. The summed E-state index contributed by atoms with van der Waals surface area (Å²) >= 11 is 9.81. The SMILES string of the molecule is CCn1c(SCCCSc2ccccc2Cl)nnc1C1CC1. The highest BCUT2D eigenvalue weighted by Gasteiger charge is 2.29. The van der Waals surface area contributed by atoms with Crippen molar-refractivity contribution in [1.82, 2.24) is 14.8 Å². The van der Waals surface area contributed by atoms with E-state index in [1.807, 2.05) is 41.7 Å². The molecule has 0 saturated heterocycles. The van der Waals surface area contributed by atoms with Crippen LogP contribution in [0.4, 0.5) is 0 Å². The molecule has 1 aliphatic carbocycles. The largest absolute Gasteiger partial charge is 0.306 e. The van der Waals surface area contributed by atoms with Crippen molar-refractivity contribution in [1.29, 1.82) is 0 Å². The molecule has 0 radical (unpaired) electrons. The molecule has 0 atom stereocenters. The van der Waals surface area contributed by atoms with Crippen LogP contribution in [0.15, 0.2) is 34.3 Å². The number of thioether (sulfide) groups is 2. The minimum atomic E-state index is 0.664. The van der Waals surface area contributed by atoms with Gasteiger partial charge in [-0.15, -0.1) is 22.0 Å². The molecule has 1 aromatic heterocycles. The molecule has 0 unspecified atom stereocenters. The molecule has 1 aromatic carbocycles. The van der Waals surface area contributed by atoms with E-state index in [1.165, 1.54) is 23.6 Å². The van der Waals surface area contributed by atoms with E-state index in [4.69, 9.17) is 11.6 Å². The molecule has 3 rings (SSSR count). The third-order valence-corrected chi connectivity index (χ3v) is 6.27. The minimum absolute atomic E-state index is 0.664. The quantitative estimate of drug-likeness (QED) is 0.487. The number of halogens is 1. The molecule has 2 aromatic rings. The average molecular weight is 354 g/mol. The predicted octanol–water partition coefficient (Wildman–Crippen LogP) is 5.10. The van der Waals surface area contributed by atoms with Crippen LogP contribution >= 0.6 is 35.1 Å². The van der Waals surface area contributed by atoms with Crippen LogP contribution < -0.4 is 0 Å². The fourth-order valence-corrected chi connectivity index (χ4v) is 4.63. The fraction of sp³-hybridized carbons (Fsp3) is 0.500. The lowest BCUT2D eigenvalue weighted by Crippen LogP contribution is -2.02. The summed E-state index contributed by atoms with van der Waals surface area (Å²) in [5.41, 5.74) is 0. The third-order valence-electron chi connectivity index (χ3n) is 3.62. The Labute approximate surface area is 145 Å². The molecule has 6 heteroatoms. The smallest absolute Gasteiger partial charge is 0.191 e. The first kappa shape index (κ1) is 16.2. The minimum Gasteiger partial charge on any atom is -0.306 e. The number of nitrogens with zero attached hydrogens (tertiary/aromatic N) is 3. The second-order valence-corrected chi connectivity index (χ2v) is 7.95. The van der Waals surface area contributed by atoms with Gasteiger partial charge in [0.25, 0.3) is 0 Å². The van der Waals surface area contributed by atoms with E-state index >= 15 is 0 Å². The summed E-state index contributed by atoms with van der Waals surface area (Å²) in [5, 5.41) is 10.7. The molecule has 1 saturated carbocycles. The van der Waals surface area contributed by atoms with Crippen molar-refractivity contribution in [3.05, 3.63) is 35.1 Å². The van der Waals surface area contributed by atoms with Crippen LogP contribution in [0.3, 0.4) is 0 Å². The van der Waals surface area contributed by atoms with Gasteiger partial charge in [-0.2, -0.15) is 0 Å². The van der Waals surface area contributed by atoms with Gasteiger partial charge in [-0.3, -0.25) is 0 Å². The van der Waals surface area contributed by atoms with Crippen molar-refractivity contribution >= 4 is 35.1 Å².